The van der Waals surface area contributed by atoms with Gasteiger partial charge in [-0.3, -0.25) is 14.2 Å². The first kappa shape index (κ1) is 33.9. The second kappa shape index (κ2) is 14.6. The SMILES string of the molecule is CCCCC(=O)N[C@H]1CC[C@@H](n2c(=O)c(-c3cccc(F)c3Cl)c(C)c3cnc(Nc4ccc(N5CCN(C)CC5)c(C)c4)nc32)CC1. The van der Waals surface area contributed by atoms with Crippen LogP contribution in [0.4, 0.5) is 21.7 Å². The molecule has 9 nitrogen and oxygen atoms in total. The molecule has 48 heavy (non-hydrogen) atoms. The smallest absolute Gasteiger partial charge is 0.260 e. The van der Waals surface area contributed by atoms with Gasteiger partial charge in [0.2, 0.25) is 11.9 Å². The number of halogens is 2. The van der Waals surface area contributed by atoms with E-state index in [0.29, 0.717) is 52.9 Å². The Bertz CT molecular complexity index is 1860. The molecule has 2 aromatic carbocycles. The zero-order valence-electron chi connectivity index (χ0n) is 28.3. The summed E-state index contributed by atoms with van der Waals surface area (Å²) < 4.78 is 16.4. The van der Waals surface area contributed by atoms with E-state index in [0.717, 1.165) is 63.1 Å². The number of benzene rings is 2. The lowest BCUT2D eigenvalue weighted by Crippen LogP contribution is -2.44. The zero-order chi connectivity index (χ0) is 33.9. The number of nitrogens with one attached hydrogen (secondary N) is 2. The quantitative estimate of drug-likeness (QED) is 0.195. The van der Waals surface area contributed by atoms with Crippen molar-refractivity contribution in [1.29, 1.82) is 0 Å². The van der Waals surface area contributed by atoms with Gasteiger partial charge in [-0.2, -0.15) is 4.98 Å². The third-order valence-corrected chi connectivity index (χ3v) is 10.3. The Kier molecular flexibility index (Phi) is 10.3. The molecule has 6 rings (SSSR count). The molecule has 254 valence electrons. The highest BCUT2D eigenvalue weighted by atomic mass is 35.5. The average molecular weight is 674 g/mol. The Balaban J connectivity index is 1.35. The Morgan fingerprint density at radius 3 is 2.52 bits per heavy atom. The molecule has 0 bridgehead atoms. The highest BCUT2D eigenvalue weighted by Gasteiger charge is 2.29. The van der Waals surface area contributed by atoms with Gasteiger partial charge in [-0.25, -0.2) is 9.37 Å². The lowest BCUT2D eigenvalue weighted by molar-refractivity contribution is -0.122. The van der Waals surface area contributed by atoms with E-state index in [1.165, 1.54) is 11.8 Å². The second-order valence-corrected chi connectivity index (χ2v) is 13.7. The molecule has 0 spiro atoms. The van der Waals surface area contributed by atoms with Crippen LogP contribution in [0.1, 0.15) is 69.0 Å². The van der Waals surface area contributed by atoms with Crippen molar-refractivity contribution in [3.63, 3.8) is 0 Å². The number of likely N-dealkylation sites (N-methyl/N-ethyl adjacent to an activating group) is 1. The van der Waals surface area contributed by atoms with Crippen LogP contribution >= 0.6 is 11.6 Å². The van der Waals surface area contributed by atoms with Crippen LogP contribution in [0.5, 0.6) is 0 Å². The number of pyridine rings is 1. The van der Waals surface area contributed by atoms with Crippen LogP contribution in [0.15, 0.2) is 47.4 Å². The number of carbonyl (C=O) groups excluding carboxylic acids is 1. The third-order valence-electron chi connectivity index (χ3n) is 9.91. The maximum atomic E-state index is 14.6. The Hall–Kier alpha value is -4.02. The fourth-order valence-electron chi connectivity index (χ4n) is 7.13. The molecule has 1 amide bonds. The standard InChI is InChI=1S/C37H45ClFN7O2/c1-5-6-10-32(47)41-25-11-14-27(15-12-25)46-35-29(24(3)33(36(46)48)28-8-7-9-30(39)34(28)38)22-40-37(43-35)42-26-13-16-31(23(2)21-26)45-19-17-44(4)18-20-45/h7-9,13,16,21-22,25,27H,5-6,10-12,14-15,17-20H2,1-4H3,(H,41,47)(H,40,42,43)/t25-,27+. The number of carbonyl (C=O) groups is 1. The van der Waals surface area contributed by atoms with Crippen molar-refractivity contribution in [1.82, 2.24) is 24.8 Å². The summed E-state index contributed by atoms with van der Waals surface area (Å²) in [5.74, 6) is -0.115. The zero-order valence-corrected chi connectivity index (χ0v) is 29.0. The summed E-state index contributed by atoms with van der Waals surface area (Å²) in [5.41, 5.74) is 4.84. The van der Waals surface area contributed by atoms with Crippen molar-refractivity contribution >= 4 is 45.9 Å². The molecule has 1 saturated carbocycles. The van der Waals surface area contributed by atoms with Gasteiger partial charge in [0, 0.05) is 73.2 Å². The number of nitrogens with zero attached hydrogens (tertiary/aromatic N) is 5. The Morgan fingerprint density at radius 2 is 1.81 bits per heavy atom. The number of fused-ring (bicyclic) bond motifs is 1. The highest BCUT2D eigenvalue weighted by molar-refractivity contribution is 6.33. The van der Waals surface area contributed by atoms with Crippen LogP contribution in [-0.2, 0) is 4.79 Å². The average Bonchev–Trinajstić information content (AvgIpc) is 3.07. The topological polar surface area (TPSA) is 95.4 Å². The number of anilines is 3. The van der Waals surface area contributed by atoms with E-state index >= 15 is 0 Å². The molecule has 2 fully saturated rings. The summed E-state index contributed by atoms with van der Waals surface area (Å²) in [4.78, 5) is 41.3. The minimum Gasteiger partial charge on any atom is -0.369 e. The third kappa shape index (κ3) is 7.05. The van der Waals surface area contributed by atoms with Crippen LogP contribution in [0.2, 0.25) is 5.02 Å². The Labute approximate surface area is 286 Å². The monoisotopic (exact) mass is 673 g/mol. The van der Waals surface area contributed by atoms with Crippen molar-refractivity contribution in [2.24, 2.45) is 0 Å². The van der Waals surface area contributed by atoms with Crippen molar-refractivity contribution in [3.8, 4) is 11.1 Å². The molecule has 0 radical (unpaired) electrons. The van der Waals surface area contributed by atoms with E-state index in [-0.39, 0.29) is 28.6 Å². The van der Waals surface area contributed by atoms with Gasteiger partial charge in [0.25, 0.3) is 5.56 Å². The van der Waals surface area contributed by atoms with Crippen LogP contribution < -0.4 is 21.1 Å². The van der Waals surface area contributed by atoms with Gasteiger partial charge in [0.15, 0.2) is 0 Å². The number of hydrogen-bond acceptors (Lipinski definition) is 7. The van der Waals surface area contributed by atoms with Gasteiger partial charge in [-0.1, -0.05) is 37.1 Å². The molecule has 4 aromatic rings. The highest BCUT2D eigenvalue weighted by Crippen LogP contribution is 2.36. The molecule has 1 aliphatic heterocycles. The van der Waals surface area contributed by atoms with Crippen molar-refractivity contribution in [2.75, 3.05) is 43.4 Å². The number of aryl methyl sites for hydroxylation is 2. The van der Waals surface area contributed by atoms with Gasteiger partial charge >= 0.3 is 0 Å². The van der Waals surface area contributed by atoms with Gasteiger partial charge in [0.1, 0.15) is 11.5 Å². The van der Waals surface area contributed by atoms with Crippen LogP contribution in [-0.4, -0.2) is 64.6 Å². The molecular formula is C37H45ClFN7O2. The van der Waals surface area contributed by atoms with Gasteiger partial charge in [-0.05, 0) is 88.4 Å². The maximum Gasteiger partial charge on any atom is 0.260 e. The minimum atomic E-state index is -0.580. The largest absolute Gasteiger partial charge is 0.369 e. The number of unbranched alkanes of at least 4 members (excludes halogenated alkanes) is 1. The Morgan fingerprint density at radius 1 is 1.06 bits per heavy atom. The molecule has 2 N–H and O–H groups in total. The molecule has 3 heterocycles. The number of amides is 1. The van der Waals surface area contributed by atoms with E-state index in [9.17, 15) is 14.0 Å². The van der Waals surface area contributed by atoms with Crippen LogP contribution in [0.3, 0.4) is 0 Å². The molecule has 1 aliphatic carbocycles. The normalized spacial score (nSPS) is 18.7. The summed E-state index contributed by atoms with van der Waals surface area (Å²) in [6.07, 6.45) is 6.97. The molecule has 0 unspecified atom stereocenters. The molecular weight excluding hydrogens is 629 g/mol. The summed E-state index contributed by atoms with van der Waals surface area (Å²) in [7, 11) is 2.15. The lowest BCUT2D eigenvalue weighted by atomic mass is 9.90. The lowest BCUT2D eigenvalue weighted by Gasteiger charge is -2.35. The second-order valence-electron chi connectivity index (χ2n) is 13.3. The van der Waals surface area contributed by atoms with Gasteiger partial charge in [-0.15, -0.1) is 0 Å². The van der Waals surface area contributed by atoms with Crippen molar-refractivity contribution in [2.45, 2.75) is 77.8 Å². The summed E-state index contributed by atoms with van der Waals surface area (Å²) in [5, 5.41) is 7.16. The molecule has 0 atom stereocenters. The van der Waals surface area contributed by atoms with E-state index < -0.39 is 5.82 Å². The van der Waals surface area contributed by atoms with Gasteiger partial charge < -0.3 is 20.4 Å². The maximum absolute atomic E-state index is 14.6. The molecule has 2 aromatic heterocycles. The van der Waals surface area contributed by atoms with Crippen molar-refractivity contribution in [3.05, 3.63) is 74.9 Å². The number of piperazine rings is 1. The fraction of sp³-hybridized carbons (Fsp3) is 0.459. The molecule has 1 saturated heterocycles. The minimum absolute atomic E-state index is 0.0686. The first-order chi connectivity index (χ1) is 23.1. The van der Waals surface area contributed by atoms with Crippen LogP contribution in [0, 0.1) is 19.7 Å². The first-order valence-electron chi connectivity index (χ1n) is 17.1. The predicted octanol–water partition coefficient (Wildman–Crippen LogP) is 7.15. The predicted molar refractivity (Wildman–Crippen MR) is 192 cm³/mol. The summed E-state index contributed by atoms with van der Waals surface area (Å²) in [6, 6.07) is 10.7. The molecule has 11 heteroatoms. The molecule has 2 aliphatic rings. The van der Waals surface area contributed by atoms with Crippen LogP contribution in [0.25, 0.3) is 22.2 Å². The van der Waals surface area contributed by atoms with Gasteiger partial charge in [0.05, 0.1) is 10.6 Å². The van der Waals surface area contributed by atoms with E-state index in [1.54, 1.807) is 22.9 Å². The summed E-state index contributed by atoms with van der Waals surface area (Å²) >= 11 is 6.45. The first-order valence-corrected chi connectivity index (χ1v) is 17.5. The number of rotatable bonds is 9. The number of aromatic nitrogens is 3. The number of hydrogen-bond donors (Lipinski definition) is 2. The van der Waals surface area contributed by atoms with E-state index in [2.05, 4.69) is 58.4 Å². The summed E-state index contributed by atoms with van der Waals surface area (Å²) in [6.45, 7) is 10.1. The fourth-order valence-corrected chi connectivity index (χ4v) is 7.35. The van der Waals surface area contributed by atoms with E-state index in [4.69, 9.17) is 16.6 Å². The van der Waals surface area contributed by atoms with E-state index in [1.807, 2.05) is 13.0 Å². The van der Waals surface area contributed by atoms with Crippen molar-refractivity contribution < 1.29 is 9.18 Å².